The second-order valence-corrected chi connectivity index (χ2v) is 6.91. The maximum absolute atomic E-state index is 6.07. The van der Waals surface area contributed by atoms with Crippen LogP contribution in [0, 0.1) is 6.92 Å². The molecule has 0 amide bonds. The minimum atomic E-state index is 0.342. The third kappa shape index (κ3) is 4.99. The van der Waals surface area contributed by atoms with Crippen molar-refractivity contribution >= 4 is 0 Å². The average Bonchev–Trinajstić information content (AvgIpc) is 2.42. The van der Waals surface area contributed by atoms with Crippen LogP contribution in [0.1, 0.15) is 51.2 Å². The van der Waals surface area contributed by atoms with E-state index in [1.165, 1.54) is 11.1 Å². The van der Waals surface area contributed by atoms with Gasteiger partial charge in [-0.2, -0.15) is 0 Å². The normalized spacial score (nSPS) is 23.0. The molecule has 22 heavy (non-hydrogen) atoms. The van der Waals surface area contributed by atoms with Crippen LogP contribution in [-0.4, -0.2) is 43.3 Å². The number of hydrogen-bond acceptors (Lipinski definition) is 3. The van der Waals surface area contributed by atoms with Gasteiger partial charge in [-0.3, -0.25) is 4.90 Å². The zero-order valence-electron chi connectivity index (χ0n) is 14.8. The van der Waals surface area contributed by atoms with E-state index in [4.69, 9.17) is 9.47 Å². The molecule has 1 saturated heterocycles. The molecular weight excluding hydrogens is 274 g/mol. The van der Waals surface area contributed by atoms with Crippen LogP contribution in [0.4, 0.5) is 0 Å². The topological polar surface area (TPSA) is 21.7 Å². The molecule has 1 aliphatic rings. The molecule has 2 rings (SSSR count). The summed E-state index contributed by atoms with van der Waals surface area (Å²) < 4.78 is 11.8. The first kappa shape index (κ1) is 17.3. The van der Waals surface area contributed by atoms with Gasteiger partial charge in [-0.1, -0.05) is 26.0 Å². The highest BCUT2D eigenvalue weighted by Gasteiger charge is 2.21. The van der Waals surface area contributed by atoms with Crippen LogP contribution in [0.5, 0.6) is 5.75 Å². The Balaban J connectivity index is 1.80. The molecule has 1 aliphatic heterocycles. The standard InChI is InChI=1S/C19H31NO2/c1-14(2)18-8-7-15(3)11-19(18)21-10-6-9-20-12-16(4)22-17(5)13-20/h7-8,11,14,16-17H,6,9-10,12-13H2,1-5H3/t16-,17-/m1/s1. The molecule has 2 atom stereocenters. The summed E-state index contributed by atoms with van der Waals surface area (Å²) in [5.41, 5.74) is 2.56. The SMILES string of the molecule is Cc1ccc(C(C)C)c(OCCCN2C[C@@H](C)O[C@H](C)C2)c1. The first-order valence-electron chi connectivity index (χ1n) is 8.57. The number of rotatable bonds is 6. The molecule has 124 valence electrons. The Morgan fingerprint density at radius 2 is 1.91 bits per heavy atom. The molecule has 1 heterocycles. The van der Waals surface area contributed by atoms with Gasteiger partial charge in [-0.05, 0) is 50.3 Å². The highest BCUT2D eigenvalue weighted by Crippen LogP contribution is 2.27. The van der Waals surface area contributed by atoms with Gasteiger partial charge < -0.3 is 9.47 Å². The van der Waals surface area contributed by atoms with Gasteiger partial charge in [-0.15, -0.1) is 0 Å². The molecule has 3 heteroatoms. The summed E-state index contributed by atoms with van der Waals surface area (Å²) >= 11 is 0. The molecule has 0 N–H and O–H groups in total. The fourth-order valence-electron chi connectivity index (χ4n) is 3.18. The summed E-state index contributed by atoms with van der Waals surface area (Å²) in [6.45, 7) is 14.8. The van der Waals surface area contributed by atoms with Crippen LogP contribution < -0.4 is 4.74 Å². The lowest BCUT2D eigenvalue weighted by Crippen LogP contribution is -2.45. The Hall–Kier alpha value is -1.06. The van der Waals surface area contributed by atoms with Gasteiger partial charge in [0.15, 0.2) is 0 Å². The quantitative estimate of drug-likeness (QED) is 0.742. The zero-order valence-corrected chi connectivity index (χ0v) is 14.8. The maximum Gasteiger partial charge on any atom is 0.122 e. The van der Waals surface area contributed by atoms with Crippen molar-refractivity contribution < 1.29 is 9.47 Å². The van der Waals surface area contributed by atoms with Crippen LogP contribution in [0.3, 0.4) is 0 Å². The van der Waals surface area contributed by atoms with Crippen LogP contribution in [0.2, 0.25) is 0 Å². The number of morpholine rings is 1. The molecule has 1 aromatic rings. The van der Waals surface area contributed by atoms with Gasteiger partial charge in [0.1, 0.15) is 5.75 Å². The molecule has 0 aromatic heterocycles. The number of ether oxygens (including phenoxy) is 2. The van der Waals surface area contributed by atoms with E-state index in [9.17, 15) is 0 Å². The maximum atomic E-state index is 6.07. The van der Waals surface area contributed by atoms with Crippen molar-refractivity contribution in [2.45, 2.75) is 59.2 Å². The fraction of sp³-hybridized carbons (Fsp3) is 0.684. The van der Waals surface area contributed by atoms with Crippen molar-refractivity contribution in [2.75, 3.05) is 26.2 Å². The van der Waals surface area contributed by atoms with Gasteiger partial charge in [-0.25, -0.2) is 0 Å². The minimum absolute atomic E-state index is 0.342. The number of benzene rings is 1. The van der Waals surface area contributed by atoms with Crippen molar-refractivity contribution in [3.8, 4) is 5.75 Å². The van der Waals surface area contributed by atoms with Gasteiger partial charge in [0, 0.05) is 19.6 Å². The van der Waals surface area contributed by atoms with Gasteiger partial charge >= 0.3 is 0 Å². The fourth-order valence-corrected chi connectivity index (χ4v) is 3.18. The van der Waals surface area contributed by atoms with Gasteiger partial charge in [0.2, 0.25) is 0 Å². The van der Waals surface area contributed by atoms with Gasteiger partial charge in [0.25, 0.3) is 0 Å². The lowest BCUT2D eigenvalue weighted by Gasteiger charge is -2.35. The molecule has 0 bridgehead atoms. The molecule has 1 aromatic carbocycles. The van der Waals surface area contributed by atoms with Crippen LogP contribution >= 0.6 is 0 Å². The average molecular weight is 305 g/mol. The Kier molecular flexibility index (Phi) is 6.27. The van der Waals surface area contributed by atoms with E-state index in [0.29, 0.717) is 18.1 Å². The molecule has 1 fully saturated rings. The molecule has 0 aliphatic carbocycles. The van der Waals surface area contributed by atoms with Crippen molar-refractivity contribution in [1.82, 2.24) is 4.90 Å². The van der Waals surface area contributed by atoms with E-state index in [1.807, 2.05) is 0 Å². The Labute approximate surface area is 135 Å². The number of nitrogens with zero attached hydrogens (tertiary/aromatic N) is 1. The zero-order chi connectivity index (χ0) is 16.1. The molecule has 0 spiro atoms. The smallest absolute Gasteiger partial charge is 0.122 e. The lowest BCUT2D eigenvalue weighted by molar-refractivity contribution is -0.0686. The summed E-state index contributed by atoms with van der Waals surface area (Å²) in [4.78, 5) is 2.49. The summed E-state index contributed by atoms with van der Waals surface area (Å²) in [5, 5.41) is 0. The summed E-state index contributed by atoms with van der Waals surface area (Å²) in [7, 11) is 0. The second-order valence-electron chi connectivity index (χ2n) is 6.91. The van der Waals surface area contributed by atoms with E-state index in [2.05, 4.69) is 57.7 Å². The molecule has 3 nitrogen and oxygen atoms in total. The third-order valence-electron chi connectivity index (χ3n) is 4.16. The van der Waals surface area contributed by atoms with Gasteiger partial charge in [0.05, 0.1) is 18.8 Å². The Morgan fingerprint density at radius 3 is 2.55 bits per heavy atom. The molecule has 0 saturated carbocycles. The first-order chi connectivity index (χ1) is 10.5. The molecule has 0 unspecified atom stereocenters. The monoisotopic (exact) mass is 305 g/mol. The van der Waals surface area contributed by atoms with Crippen molar-refractivity contribution in [3.63, 3.8) is 0 Å². The lowest BCUT2D eigenvalue weighted by atomic mass is 10.0. The van der Waals surface area contributed by atoms with E-state index in [1.54, 1.807) is 0 Å². The first-order valence-corrected chi connectivity index (χ1v) is 8.57. The summed E-state index contributed by atoms with van der Waals surface area (Å²) in [6, 6.07) is 6.52. The minimum Gasteiger partial charge on any atom is -0.493 e. The Morgan fingerprint density at radius 1 is 1.23 bits per heavy atom. The molecular formula is C19H31NO2. The predicted molar refractivity (Wildman–Crippen MR) is 91.8 cm³/mol. The number of aryl methyl sites for hydroxylation is 1. The summed E-state index contributed by atoms with van der Waals surface area (Å²) in [6.07, 6.45) is 1.74. The molecule has 0 radical (unpaired) electrons. The highest BCUT2D eigenvalue weighted by atomic mass is 16.5. The van der Waals surface area contributed by atoms with Crippen molar-refractivity contribution in [3.05, 3.63) is 29.3 Å². The van der Waals surface area contributed by atoms with E-state index in [0.717, 1.165) is 38.4 Å². The summed E-state index contributed by atoms with van der Waals surface area (Å²) in [5.74, 6) is 1.55. The van der Waals surface area contributed by atoms with Crippen LogP contribution in [0.25, 0.3) is 0 Å². The van der Waals surface area contributed by atoms with Crippen LogP contribution in [0.15, 0.2) is 18.2 Å². The van der Waals surface area contributed by atoms with Crippen LogP contribution in [-0.2, 0) is 4.74 Å². The predicted octanol–water partition coefficient (Wildman–Crippen LogP) is 4.00. The van der Waals surface area contributed by atoms with E-state index >= 15 is 0 Å². The third-order valence-corrected chi connectivity index (χ3v) is 4.16. The number of hydrogen-bond donors (Lipinski definition) is 0. The van der Waals surface area contributed by atoms with E-state index in [-0.39, 0.29) is 0 Å². The highest BCUT2D eigenvalue weighted by molar-refractivity contribution is 5.39. The Bertz CT molecular complexity index is 463. The van der Waals surface area contributed by atoms with Crippen molar-refractivity contribution in [1.29, 1.82) is 0 Å². The second kappa shape index (κ2) is 7.98. The largest absolute Gasteiger partial charge is 0.493 e. The van der Waals surface area contributed by atoms with Crippen molar-refractivity contribution in [2.24, 2.45) is 0 Å². The van der Waals surface area contributed by atoms with E-state index < -0.39 is 0 Å².